The van der Waals surface area contributed by atoms with E-state index in [1.807, 2.05) is 19.2 Å². The molecule has 2 aromatic rings. The van der Waals surface area contributed by atoms with Gasteiger partial charge in [0.25, 0.3) is 5.89 Å². The second-order valence-electron chi connectivity index (χ2n) is 2.99. The summed E-state index contributed by atoms with van der Waals surface area (Å²) in [6.45, 7) is 4.05. The summed E-state index contributed by atoms with van der Waals surface area (Å²) in [6.07, 6.45) is 0. The lowest BCUT2D eigenvalue weighted by atomic mass is 10.2. The highest BCUT2D eigenvalue weighted by Crippen LogP contribution is 2.19. The van der Waals surface area contributed by atoms with Crippen LogP contribution in [0.15, 0.2) is 15.4 Å². The van der Waals surface area contributed by atoms with Crippen LogP contribution >= 0.6 is 11.3 Å². The summed E-state index contributed by atoms with van der Waals surface area (Å²) in [5.74, 6) is 1.52. The Morgan fingerprint density at radius 1 is 1.46 bits per heavy atom. The minimum absolute atomic E-state index is 0.288. The van der Waals surface area contributed by atoms with Crippen molar-refractivity contribution in [3.8, 4) is 11.6 Å². The van der Waals surface area contributed by atoms with Gasteiger partial charge < -0.3 is 4.52 Å². The van der Waals surface area contributed by atoms with E-state index in [0.29, 0.717) is 5.89 Å². The molecule has 0 unspecified atom stereocenters. The standard InChI is InChI=1S/C8H9N3OS/c1-5(2)7-10-8(12-11-7)6-3-13-4-9-6/h3-5H,1-2H3. The second kappa shape index (κ2) is 3.26. The lowest BCUT2D eigenvalue weighted by molar-refractivity contribution is 0.418. The fourth-order valence-corrected chi connectivity index (χ4v) is 1.42. The van der Waals surface area contributed by atoms with E-state index < -0.39 is 0 Å². The van der Waals surface area contributed by atoms with Gasteiger partial charge in [-0.25, -0.2) is 4.98 Å². The topological polar surface area (TPSA) is 51.8 Å². The lowest BCUT2D eigenvalue weighted by Gasteiger charge is -1.91. The maximum absolute atomic E-state index is 5.05. The highest BCUT2D eigenvalue weighted by molar-refractivity contribution is 7.07. The Morgan fingerprint density at radius 2 is 2.31 bits per heavy atom. The molecular formula is C8H9N3OS. The zero-order chi connectivity index (χ0) is 9.26. The SMILES string of the molecule is CC(C)c1noc(-c2cscn2)n1. The van der Waals surface area contributed by atoms with Crippen LogP contribution in [-0.2, 0) is 0 Å². The Balaban J connectivity index is 2.33. The third-order valence-electron chi connectivity index (χ3n) is 1.61. The predicted octanol–water partition coefficient (Wildman–Crippen LogP) is 2.32. The molecule has 0 amide bonds. The normalized spacial score (nSPS) is 11.0. The smallest absolute Gasteiger partial charge is 0.277 e. The first-order valence-corrected chi connectivity index (χ1v) is 4.94. The first kappa shape index (κ1) is 8.37. The predicted molar refractivity (Wildman–Crippen MR) is 49.5 cm³/mol. The van der Waals surface area contributed by atoms with Gasteiger partial charge in [-0.1, -0.05) is 19.0 Å². The molecule has 2 aromatic heterocycles. The quantitative estimate of drug-likeness (QED) is 0.737. The number of hydrogen-bond acceptors (Lipinski definition) is 5. The Kier molecular flexibility index (Phi) is 2.10. The fraction of sp³-hybridized carbons (Fsp3) is 0.375. The molecule has 0 bridgehead atoms. The molecule has 0 aliphatic carbocycles. The molecule has 4 nitrogen and oxygen atoms in total. The summed E-state index contributed by atoms with van der Waals surface area (Å²) in [5, 5.41) is 5.74. The van der Waals surface area contributed by atoms with Crippen molar-refractivity contribution < 1.29 is 4.52 Å². The molecule has 2 heterocycles. The Labute approximate surface area is 79.6 Å². The highest BCUT2D eigenvalue weighted by atomic mass is 32.1. The minimum atomic E-state index is 0.288. The summed E-state index contributed by atoms with van der Waals surface area (Å²) in [5.41, 5.74) is 2.50. The number of rotatable bonds is 2. The van der Waals surface area contributed by atoms with Crippen LogP contribution in [-0.4, -0.2) is 15.1 Å². The third kappa shape index (κ3) is 1.60. The first-order chi connectivity index (χ1) is 6.27. The molecule has 0 aromatic carbocycles. The monoisotopic (exact) mass is 195 g/mol. The van der Waals surface area contributed by atoms with Crippen LogP contribution in [0.4, 0.5) is 0 Å². The van der Waals surface area contributed by atoms with Crippen LogP contribution < -0.4 is 0 Å². The molecule has 5 heteroatoms. The van der Waals surface area contributed by atoms with Crippen LogP contribution in [0.25, 0.3) is 11.6 Å². The molecule has 0 atom stereocenters. The number of thiazole rings is 1. The number of aromatic nitrogens is 3. The van der Waals surface area contributed by atoms with Crippen molar-refractivity contribution in [1.82, 2.24) is 15.1 Å². The van der Waals surface area contributed by atoms with Gasteiger partial charge in [0.2, 0.25) is 0 Å². The van der Waals surface area contributed by atoms with E-state index in [0.717, 1.165) is 11.5 Å². The van der Waals surface area contributed by atoms with E-state index in [9.17, 15) is 0 Å². The summed E-state index contributed by atoms with van der Waals surface area (Å²) >= 11 is 1.51. The zero-order valence-electron chi connectivity index (χ0n) is 7.39. The molecule has 0 saturated carbocycles. The lowest BCUT2D eigenvalue weighted by Crippen LogP contribution is -1.89. The van der Waals surface area contributed by atoms with E-state index in [-0.39, 0.29) is 5.92 Å². The Bertz CT molecular complexity index is 380. The van der Waals surface area contributed by atoms with Crippen molar-refractivity contribution >= 4 is 11.3 Å². The molecule has 0 N–H and O–H groups in total. The Morgan fingerprint density at radius 3 is 2.85 bits per heavy atom. The molecule has 0 saturated heterocycles. The maximum atomic E-state index is 5.05. The van der Waals surface area contributed by atoms with Crippen LogP contribution in [0.1, 0.15) is 25.6 Å². The van der Waals surface area contributed by atoms with E-state index in [2.05, 4.69) is 15.1 Å². The molecule has 2 rings (SSSR count). The van der Waals surface area contributed by atoms with Gasteiger partial charge in [-0.05, 0) is 0 Å². The molecule has 0 aliphatic rings. The van der Waals surface area contributed by atoms with E-state index in [4.69, 9.17) is 4.52 Å². The Hall–Kier alpha value is -1.23. The number of nitrogens with zero attached hydrogens (tertiary/aromatic N) is 3. The molecule has 13 heavy (non-hydrogen) atoms. The van der Waals surface area contributed by atoms with Crippen molar-refractivity contribution in [3.05, 3.63) is 16.7 Å². The van der Waals surface area contributed by atoms with Crippen LogP contribution in [0, 0.1) is 0 Å². The average molecular weight is 195 g/mol. The molecule has 0 aliphatic heterocycles. The van der Waals surface area contributed by atoms with Crippen LogP contribution in [0.3, 0.4) is 0 Å². The minimum Gasteiger partial charge on any atom is -0.332 e. The van der Waals surface area contributed by atoms with Gasteiger partial charge in [0.15, 0.2) is 5.82 Å². The van der Waals surface area contributed by atoms with E-state index in [1.165, 1.54) is 11.3 Å². The summed E-state index contributed by atoms with van der Waals surface area (Å²) < 4.78 is 5.05. The molecule has 0 radical (unpaired) electrons. The van der Waals surface area contributed by atoms with Gasteiger partial charge in [-0.2, -0.15) is 4.98 Å². The van der Waals surface area contributed by atoms with Gasteiger partial charge in [-0.15, -0.1) is 11.3 Å². The van der Waals surface area contributed by atoms with Gasteiger partial charge in [0.1, 0.15) is 5.69 Å². The van der Waals surface area contributed by atoms with Gasteiger partial charge >= 0.3 is 0 Å². The largest absolute Gasteiger partial charge is 0.332 e. The van der Waals surface area contributed by atoms with Crippen LogP contribution in [0.5, 0.6) is 0 Å². The van der Waals surface area contributed by atoms with Crippen molar-refractivity contribution in [3.63, 3.8) is 0 Å². The summed E-state index contributed by atoms with van der Waals surface area (Å²) in [4.78, 5) is 8.30. The van der Waals surface area contributed by atoms with Crippen LogP contribution in [0.2, 0.25) is 0 Å². The molecule has 68 valence electrons. The zero-order valence-corrected chi connectivity index (χ0v) is 8.21. The molecule has 0 spiro atoms. The highest BCUT2D eigenvalue weighted by Gasteiger charge is 2.12. The molecular weight excluding hydrogens is 186 g/mol. The fourth-order valence-electron chi connectivity index (χ4n) is 0.892. The third-order valence-corrected chi connectivity index (χ3v) is 2.20. The summed E-state index contributed by atoms with van der Waals surface area (Å²) in [6, 6.07) is 0. The van der Waals surface area contributed by atoms with Gasteiger partial charge in [0, 0.05) is 11.3 Å². The summed E-state index contributed by atoms with van der Waals surface area (Å²) in [7, 11) is 0. The van der Waals surface area contributed by atoms with E-state index >= 15 is 0 Å². The number of hydrogen-bond donors (Lipinski definition) is 0. The second-order valence-corrected chi connectivity index (χ2v) is 3.70. The average Bonchev–Trinajstić information content (AvgIpc) is 2.75. The van der Waals surface area contributed by atoms with Crippen molar-refractivity contribution in [2.24, 2.45) is 0 Å². The maximum Gasteiger partial charge on any atom is 0.277 e. The van der Waals surface area contributed by atoms with Crippen molar-refractivity contribution in [1.29, 1.82) is 0 Å². The van der Waals surface area contributed by atoms with Crippen molar-refractivity contribution in [2.45, 2.75) is 19.8 Å². The van der Waals surface area contributed by atoms with Crippen molar-refractivity contribution in [2.75, 3.05) is 0 Å². The first-order valence-electron chi connectivity index (χ1n) is 3.99. The molecule has 0 fully saturated rings. The van der Waals surface area contributed by atoms with Gasteiger partial charge in [-0.3, -0.25) is 0 Å². The van der Waals surface area contributed by atoms with Gasteiger partial charge in [0.05, 0.1) is 5.51 Å². The van der Waals surface area contributed by atoms with E-state index in [1.54, 1.807) is 5.51 Å².